The van der Waals surface area contributed by atoms with Crippen LogP contribution in [0.1, 0.15) is 11.4 Å². The molecule has 24 heavy (non-hydrogen) atoms. The largest absolute Gasteiger partial charge is 0.383 e. The van der Waals surface area contributed by atoms with Gasteiger partial charge in [-0.3, -0.25) is 9.48 Å². The van der Waals surface area contributed by atoms with Gasteiger partial charge in [-0.05, 0) is 19.9 Å². The minimum atomic E-state index is -0.00493. The Bertz CT molecular complexity index is 499. The van der Waals surface area contributed by atoms with Gasteiger partial charge < -0.3 is 19.7 Å². The molecule has 1 amide bonds. The molecule has 0 aliphatic carbocycles. The Morgan fingerprint density at radius 1 is 1.46 bits per heavy atom. The fraction of sp³-hybridized carbons (Fsp3) is 0.733. The molecule has 1 N–H and O–H groups in total. The summed E-state index contributed by atoms with van der Waals surface area (Å²) in [5.41, 5.74) is 2.12. The molecule has 1 aliphatic heterocycles. The van der Waals surface area contributed by atoms with Gasteiger partial charge in [0, 0.05) is 32.4 Å². The molecule has 2 rings (SSSR count). The summed E-state index contributed by atoms with van der Waals surface area (Å²) in [6, 6.07) is 2.05. The van der Waals surface area contributed by atoms with Crippen LogP contribution in [0.3, 0.4) is 0 Å². The van der Waals surface area contributed by atoms with Crippen molar-refractivity contribution < 1.29 is 14.3 Å². The molecule has 1 fully saturated rings. The van der Waals surface area contributed by atoms with E-state index in [1.807, 2.05) is 29.5 Å². The molecule has 0 radical (unpaired) electrons. The van der Waals surface area contributed by atoms with E-state index in [0.29, 0.717) is 45.9 Å². The number of nitrogens with one attached hydrogen (secondary N) is 1. The number of carbonyl (C=O) groups is 1. The Morgan fingerprint density at radius 3 is 2.83 bits per heavy atom. The van der Waals surface area contributed by atoms with E-state index < -0.39 is 0 Å². The number of nitrogens with zero attached hydrogens (tertiary/aromatic N) is 3. The Morgan fingerprint density at radius 2 is 2.21 bits per heavy atom. The Balaban J connectivity index is 0.00000264. The van der Waals surface area contributed by atoms with Gasteiger partial charge in [0.15, 0.2) is 0 Å². The number of ether oxygens (including phenoxy) is 2. The Hall–Kier alpha value is -0.860. The first-order valence-corrected chi connectivity index (χ1v) is 7.70. The van der Waals surface area contributed by atoms with Crippen molar-refractivity contribution in [1.82, 2.24) is 20.0 Å². The number of rotatable bonds is 7. The van der Waals surface area contributed by atoms with E-state index in [2.05, 4.69) is 10.4 Å². The molecule has 2 heterocycles. The predicted octanol–water partition coefficient (Wildman–Crippen LogP) is 0.807. The lowest BCUT2D eigenvalue weighted by Gasteiger charge is -2.33. The maximum atomic E-state index is 12.2. The van der Waals surface area contributed by atoms with Crippen molar-refractivity contribution in [1.29, 1.82) is 0 Å². The Kier molecular flexibility index (Phi) is 11.2. The van der Waals surface area contributed by atoms with Crippen molar-refractivity contribution in [2.75, 3.05) is 46.5 Å². The van der Waals surface area contributed by atoms with Crippen LogP contribution in [0, 0.1) is 13.8 Å². The number of halogens is 2. The maximum Gasteiger partial charge on any atom is 0.236 e. The van der Waals surface area contributed by atoms with Crippen LogP contribution in [0.15, 0.2) is 6.07 Å². The first kappa shape index (κ1) is 23.1. The van der Waals surface area contributed by atoms with Gasteiger partial charge in [0.1, 0.15) is 0 Å². The summed E-state index contributed by atoms with van der Waals surface area (Å²) in [5.74, 6) is 0.109. The molecule has 0 saturated carbocycles. The first-order chi connectivity index (χ1) is 10.6. The smallest absolute Gasteiger partial charge is 0.236 e. The lowest BCUT2D eigenvalue weighted by atomic mass is 10.2. The monoisotopic (exact) mass is 382 g/mol. The topological polar surface area (TPSA) is 68.6 Å². The van der Waals surface area contributed by atoms with Crippen molar-refractivity contribution in [2.45, 2.75) is 26.5 Å². The van der Waals surface area contributed by atoms with E-state index in [9.17, 15) is 4.79 Å². The second kappa shape index (κ2) is 11.7. The van der Waals surface area contributed by atoms with Crippen LogP contribution in [0.4, 0.5) is 0 Å². The van der Waals surface area contributed by atoms with E-state index in [1.165, 1.54) is 0 Å². The maximum absolute atomic E-state index is 12.2. The van der Waals surface area contributed by atoms with Gasteiger partial charge in [-0.15, -0.1) is 24.8 Å². The summed E-state index contributed by atoms with van der Waals surface area (Å²) in [6.07, 6.45) is -0.00493. The summed E-state index contributed by atoms with van der Waals surface area (Å²) in [7, 11) is 1.65. The summed E-state index contributed by atoms with van der Waals surface area (Å²) in [4.78, 5) is 14.0. The van der Waals surface area contributed by atoms with Crippen molar-refractivity contribution in [3.8, 4) is 0 Å². The van der Waals surface area contributed by atoms with E-state index in [-0.39, 0.29) is 36.8 Å². The molecule has 1 aromatic rings. The van der Waals surface area contributed by atoms with Gasteiger partial charge >= 0.3 is 0 Å². The van der Waals surface area contributed by atoms with E-state index in [4.69, 9.17) is 9.47 Å². The highest BCUT2D eigenvalue weighted by Crippen LogP contribution is 2.10. The van der Waals surface area contributed by atoms with Crippen LogP contribution in [-0.2, 0) is 20.8 Å². The minimum Gasteiger partial charge on any atom is -0.383 e. The molecule has 0 aromatic carbocycles. The number of hydrogen-bond acceptors (Lipinski definition) is 5. The normalized spacial score (nSPS) is 17.1. The fourth-order valence-corrected chi connectivity index (χ4v) is 2.59. The molecule has 9 heteroatoms. The van der Waals surface area contributed by atoms with E-state index in [1.54, 1.807) is 7.11 Å². The number of morpholine rings is 1. The van der Waals surface area contributed by atoms with Crippen molar-refractivity contribution in [3.63, 3.8) is 0 Å². The third-order valence-electron chi connectivity index (χ3n) is 3.73. The van der Waals surface area contributed by atoms with Gasteiger partial charge in [-0.1, -0.05) is 0 Å². The third-order valence-corrected chi connectivity index (χ3v) is 3.73. The summed E-state index contributed by atoms with van der Waals surface area (Å²) in [6.45, 7) is 8.17. The predicted molar refractivity (Wildman–Crippen MR) is 97.3 cm³/mol. The number of aromatic nitrogens is 2. The van der Waals surface area contributed by atoms with Crippen LogP contribution in [-0.4, -0.2) is 73.2 Å². The van der Waals surface area contributed by atoms with Gasteiger partial charge in [0.05, 0.1) is 38.1 Å². The second-order valence-electron chi connectivity index (χ2n) is 5.61. The SMILES string of the molecule is COCCNCC(=O)N1CCOC(Cn2nc(C)cc2C)C1.Cl.Cl. The molecule has 1 saturated heterocycles. The molecular weight excluding hydrogens is 355 g/mol. The van der Waals surface area contributed by atoms with Crippen LogP contribution in [0.25, 0.3) is 0 Å². The molecular formula is C15H28Cl2N4O3. The van der Waals surface area contributed by atoms with E-state index >= 15 is 0 Å². The zero-order valence-corrected chi connectivity index (χ0v) is 16.1. The van der Waals surface area contributed by atoms with Crippen LogP contribution in [0.5, 0.6) is 0 Å². The average molecular weight is 383 g/mol. The van der Waals surface area contributed by atoms with Crippen molar-refractivity contribution in [2.24, 2.45) is 0 Å². The van der Waals surface area contributed by atoms with Crippen molar-refractivity contribution >= 4 is 30.7 Å². The molecule has 1 atom stereocenters. The molecule has 140 valence electrons. The molecule has 7 nitrogen and oxygen atoms in total. The van der Waals surface area contributed by atoms with Crippen LogP contribution >= 0.6 is 24.8 Å². The highest BCUT2D eigenvalue weighted by atomic mass is 35.5. The number of aryl methyl sites for hydroxylation is 2. The molecule has 1 unspecified atom stereocenters. The average Bonchev–Trinajstić information content (AvgIpc) is 2.81. The molecule has 1 aliphatic rings. The van der Waals surface area contributed by atoms with Gasteiger partial charge in [0.2, 0.25) is 5.91 Å². The zero-order valence-electron chi connectivity index (χ0n) is 14.5. The van der Waals surface area contributed by atoms with E-state index in [0.717, 1.165) is 11.4 Å². The molecule has 0 bridgehead atoms. The highest BCUT2D eigenvalue weighted by molar-refractivity contribution is 5.85. The molecule has 1 aromatic heterocycles. The number of methoxy groups -OCH3 is 1. The first-order valence-electron chi connectivity index (χ1n) is 7.70. The quantitative estimate of drug-likeness (QED) is 0.706. The molecule has 0 spiro atoms. The lowest BCUT2D eigenvalue weighted by molar-refractivity contribution is -0.138. The summed E-state index contributed by atoms with van der Waals surface area (Å²) < 4.78 is 12.7. The summed E-state index contributed by atoms with van der Waals surface area (Å²) in [5, 5.41) is 7.54. The number of carbonyl (C=O) groups excluding carboxylic acids is 1. The van der Waals surface area contributed by atoms with Gasteiger partial charge in [0.25, 0.3) is 0 Å². The third kappa shape index (κ3) is 6.94. The zero-order chi connectivity index (χ0) is 15.9. The van der Waals surface area contributed by atoms with Crippen LogP contribution in [0.2, 0.25) is 0 Å². The van der Waals surface area contributed by atoms with Gasteiger partial charge in [-0.2, -0.15) is 5.10 Å². The summed E-state index contributed by atoms with van der Waals surface area (Å²) >= 11 is 0. The van der Waals surface area contributed by atoms with Crippen LogP contribution < -0.4 is 5.32 Å². The number of amides is 1. The fourth-order valence-electron chi connectivity index (χ4n) is 2.59. The van der Waals surface area contributed by atoms with Gasteiger partial charge in [-0.25, -0.2) is 0 Å². The Labute approximate surface area is 155 Å². The minimum absolute atomic E-state index is 0. The lowest BCUT2D eigenvalue weighted by Crippen LogP contribution is -2.49. The second-order valence-corrected chi connectivity index (χ2v) is 5.61. The highest BCUT2D eigenvalue weighted by Gasteiger charge is 2.24. The standard InChI is InChI=1S/C15H26N4O3.2ClH/c1-12-8-13(2)19(17-12)11-14-10-18(5-7-22-14)15(20)9-16-4-6-21-3;;/h8,14,16H,4-7,9-11H2,1-3H3;2*1H. The van der Waals surface area contributed by atoms with Crippen molar-refractivity contribution in [3.05, 3.63) is 17.5 Å². The number of hydrogen-bond donors (Lipinski definition) is 1.